The molecule has 0 aliphatic carbocycles. The number of nitrogens with zero attached hydrogens (tertiary/aromatic N) is 2. The van der Waals surface area contributed by atoms with Gasteiger partial charge in [-0.25, -0.2) is 8.42 Å². The Morgan fingerprint density at radius 2 is 1.92 bits per heavy atom. The number of carbonyl (C=O) groups excluding carboxylic acids is 2. The number of amides is 2. The van der Waals surface area contributed by atoms with Gasteiger partial charge in [0.1, 0.15) is 5.75 Å². The summed E-state index contributed by atoms with van der Waals surface area (Å²) in [5, 5.41) is 2.67. The van der Waals surface area contributed by atoms with Crippen LogP contribution in [0.1, 0.15) is 13.8 Å². The van der Waals surface area contributed by atoms with Crippen LogP contribution in [-0.2, 0) is 19.6 Å². The first kappa shape index (κ1) is 16.7. The highest BCUT2D eigenvalue weighted by Gasteiger charge is 2.31. The van der Waals surface area contributed by atoms with Gasteiger partial charge in [-0.2, -0.15) is 4.31 Å². The molecule has 1 unspecified atom stereocenters. The first-order valence-electron chi connectivity index (χ1n) is 7.66. The molecule has 1 aromatic rings. The number of hydrogen-bond acceptors (Lipinski definition) is 5. The van der Waals surface area contributed by atoms with Crippen molar-refractivity contribution in [2.24, 2.45) is 0 Å². The summed E-state index contributed by atoms with van der Waals surface area (Å²) in [6.45, 7) is 4.34. The normalized spacial score (nSPS) is 21.7. The number of piperazine rings is 1. The van der Waals surface area contributed by atoms with Crippen molar-refractivity contribution in [2.75, 3.05) is 31.5 Å². The fourth-order valence-electron chi connectivity index (χ4n) is 2.73. The molecular weight excluding hydrogens is 334 g/mol. The number of rotatable bonds is 2. The fourth-order valence-corrected chi connectivity index (χ4v) is 4.17. The van der Waals surface area contributed by atoms with E-state index in [-0.39, 0.29) is 29.8 Å². The summed E-state index contributed by atoms with van der Waals surface area (Å²) in [6.07, 6.45) is -0.672. The monoisotopic (exact) mass is 353 g/mol. The van der Waals surface area contributed by atoms with Crippen LogP contribution in [0.5, 0.6) is 5.75 Å². The van der Waals surface area contributed by atoms with Gasteiger partial charge in [0.25, 0.3) is 5.91 Å². The summed E-state index contributed by atoms with van der Waals surface area (Å²) in [7, 11) is -3.67. The van der Waals surface area contributed by atoms with Crippen molar-refractivity contribution in [3.05, 3.63) is 18.2 Å². The molecule has 3 rings (SSSR count). The summed E-state index contributed by atoms with van der Waals surface area (Å²) < 4.78 is 32.4. The van der Waals surface area contributed by atoms with E-state index in [1.165, 1.54) is 29.4 Å². The van der Waals surface area contributed by atoms with Gasteiger partial charge < -0.3 is 15.0 Å². The lowest BCUT2D eigenvalue weighted by atomic mass is 10.2. The maximum Gasteiger partial charge on any atom is 0.265 e. The summed E-state index contributed by atoms with van der Waals surface area (Å²) in [5.74, 6) is 0.0166. The topological polar surface area (TPSA) is 96.0 Å². The second kappa shape index (κ2) is 6.06. The number of sulfonamides is 1. The highest BCUT2D eigenvalue weighted by molar-refractivity contribution is 7.89. The zero-order chi connectivity index (χ0) is 17.5. The second-order valence-electron chi connectivity index (χ2n) is 5.82. The summed E-state index contributed by atoms with van der Waals surface area (Å²) in [6, 6.07) is 4.40. The Kier molecular flexibility index (Phi) is 4.22. The zero-order valence-corrected chi connectivity index (χ0v) is 14.3. The van der Waals surface area contributed by atoms with Crippen LogP contribution in [0.25, 0.3) is 0 Å². The Labute approximate surface area is 140 Å². The molecule has 1 aromatic carbocycles. The fraction of sp³-hybridized carbons (Fsp3) is 0.467. The van der Waals surface area contributed by atoms with Crippen molar-refractivity contribution < 1.29 is 22.7 Å². The molecule has 24 heavy (non-hydrogen) atoms. The third-order valence-corrected chi connectivity index (χ3v) is 6.10. The number of hydrogen-bond donors (Lipinski definition) is 1. The summed E-state index contributed by atoms with van der Waals surface area (Å²) in [4.78, 5) is 24.7. The smallest absolute Gasteiger partial charge is 0.265 e. The number of carbonyl (C=O) groups is 2. The van der Waals surface area contributed by atoms with Gasteiger partial charge >= 0.3 is 0 Å². The summed E-state index contributed by atoms with van der Waals surface area (Å²) in [5.41, 5.74) is 0.457. The molecule has 1 fully saturated rings. The molecular formula is C15H19N3O5S. The number of ether oxygens (including phenoxy) is 1. The molecule has 1 saturated heterocycles. The molecule has 8 nitrogen and oxygen atoms in total. The lowest BCUT2D eigenvalue weighted by molar-refractivity contribution is -0.130. The van der Waals surface area contributed by atoms with Gasteiger partial charge in [-0.3, -0.25) is 9.59 Å². The number of benzene rings is 1. The standard InChI is InChI=1S/C15H19N3O5S/c1-10-15(20)16-13-4-3-12(9-14(13)23-10)24(21,22)18-7-5-17(6-8-18)11(2)19/h3-4,9-10H,5-8H2,1-2H3,(H,16,20). The number of fused-ring (bicyclic) bond motifs is 1. The van der Waals surface area contributed by atoms with Crippen LogP contribution in [0.15, 0.2) is 23.1 Å². The van der Waals surface area contributed by atoms with Crippen molar-refractivity contribution in [3.8, 4) is 5.75 Å². The number of nitrogens with one attached hydrogen (secondary N) is 1. The molecule has 0 bridgehead atoms. The van der Waals surface area contributed by atoms with Crippen LogP contribution in [0, 0.1) is 0 Å². The Hall–Kier alpha value is -2.13. The van der Waals surface area contributed by atoms with E-state index >= 15 is 0 Å². The highest BCUT2D eigenvalue weighted by Crippen LogP contribution is 2.33. The zero-order valence-electron chi connectivity index (χ0n) is 13.5. The van der Waals surface area contributed by atoms with Crippen molar-refractivity contribution in [2.45, 2.75) is 24.8 Å². The van der Waals surface area contributed by atoms with E-state index in [4.69, 9.17) is 4.74 Å². The largest absolute Gasteiger partial charge is 0.479 e. The molecule has 2 aliphatic rings. The van der Waals surface area contributed by atoms with Gasteiger partial charge in [-0.15, -0.1) is 0 Å². The average Bonchev–Trinajstić information content (AvgIpc) is 2.55. The van der Waals surface area contributed by atoms with Crippen LogP contribution in [-0.4, -0.2) is 61.7 Å². The van der Waals surface area contributed by atoms with Crippen LogP contribution in [0.2, 0.25) is 0 Å². The van der Waals surface area contributed by atoms with Crippen molar-refractivity contribution >= 4 is 27.5 Å². The van der Waals surface area contributed by atoms with Crippen LogP contribution >= 0.6 is 0 Å². The first-order chi connectivity index (χ1) is 11.3. The second-order valence-corrected chi connectivity index (χ2v) is 7.76. The quantitative estimate of drug-likeness (QED) is 0.823. The Morgan fingerprint density at radius 1 is 1.25 bits per heavy atom. The van der Waals surface area contributed by atoms with Crippen LogP contribution < -0.4 is 10.1 Å². The molecule has 1 atom stereocenters. The predicted octanol–water partition coefficient (Wildman–Crippen LogP) is 0.259. The average molecular weight is 353 g/mol. The number of anilines is 1. The van der Waals surface area contributed by atoms with E-state index in [9.17, 15) is 18.0 Å². The van der Waals surface area contributed by atoms with E-state index < -0.39 is 16.1 Å². The molecule has 0 saturated carbocycles. The van der Waals surface area contributed by atoms with Gasteiger partial charge in [0.05, 0.1) is 10.6 Å². The Bertz CT molecular complexity index is 784. The minimum Gasteiger partial charge on any atom is -0.479 e. The minimum atomic E-state index is -3.67. The molecule has 9 heteroatoms. The molecule has 2 aliphatic heterocycles. The lowest BCUT2D eigenvalue weighted by Crippen LogP contribution is -2.49. The van der Waals surface area contributed by atoms with E-state index in [1.54, 1.807) is 11.8 Å². The Morgan fingerprint density at radius 3 is 2.54 bits per heavy atom. The van der Waals surface area contributed by atoms with Gasteiger partial charge in [0.2, 0.25) is 15.9 Å². The van der Waals surface area contributed by atoms with Crippen molar-refractivity contribution in [1.29, 1.82) is 0 Å². The van der Waals surface area contributed by atoms with E-state index in [0.29, 0.717) is 24.5 Å². The SMILES string of the molecule is CC(=O)N1CCN(S(=O)(=O)c2ccc3c(c2)OC(C)C(=O)N3)CC1. The van der Waals surface area contributed by atoms with Gasteiger partial charge in [0.15, 0.2) is 6.10 Å². The molecule has 2 heterocycles. The van der Waals surface area contributed by atoms with E-state index in [0.717, 1.165) is 0 Å². The Balaban J connectivity index is 1.82. The maximum absolute atomic E-state index is 12.8. The predicted molar refractivity (Wildman–Crippen MR) is 86.2 cm³/mol. The molecule has 2 amide bonds. The van der Waals surface area contributed by atoms with Gasteiger partial charge in [0, 0.05) is 39.2 Å². The van der Waals surface area contributed by atoms with Crippen LogP contribution in [0.4, 0.5) is 5.69 Å². The van der Waals surface area contributed by atoms with Crippen molar-refractivity contribution in [3.63, 3.8) is 0 Å². The molecule has 130 valence electrons. The van der Waals surface area contributed by atoms with Crippen LogP contribution in [0.3, 0.4) is 0 Å². The minimum absolute atomic E-state index is 0.0565. The maximum atomic E-state index is 12.8. The molecule has 0 radical (unpaired) electrons. The molecule has 1 N–H and O–H groups in total. The van der Waals surface area contributed by atoms with E-state index in [2.05, 4.69) is 5.32 Å². The third kappa shape index (κ3) is 2.96. The lowest BCUT2D eigenvalue weighted by Gasteiger charge is -2.33. The third-order valence-electron chi connectivity index (χ3n) is 4.21. The van der Waals surface area contributed by atoms with E-state index in [1.807, 2.05) is 0 Å². The summed E-state index contributed by atoms with van der Waals surface area (Å²) >= 11 is 0. The molecule has 0 spiro atoms. The first-order valence-corrected chi connectivity index (χ1v) is 9.10. The highest BCUT2D eigenvalue weighted by atomic mass is 32.2. The van der Waals surface area contributed by atoms with Crippen molar-refractivity contribution in [1.82, 2.24) is 9.21 Å². The van der Waals surface area contributed by atoms with Gasteiger partial charge in [-0.1, -0.05) is 0 Å². The molecule has 0 aromatic heterocycles. The van der Waals surface area contributed by atoms with Gasteiger partial charge in [-0.05, 0) is 19.1 Å².